The maximum Gasteiger partial charge on any atom is 0.242 e. The van der Waals surface area contributed by atoms with Gasteiger partial charge in [-0.3, -0.25) is 14.5 Å². The van der Waals surface area contributed by atoms with Gasteiger partial charge in [0, 0.05) is 28.9 Å². The summed E-state index contributed by atoms with van der Waals surface area (Å²) in [7, 11) is 0. The summed E-state index contributed by atoms with van der Waals surface area (Å²) in [6.45, 7) is 12.3. The lowest BCUT2D eigenvalue weighted by Crippen LogP contribution is -2.43. The molecule has 1 aromatic carbocycles. The van der Waals surface area contributed by atoms with E-state index in [-0.39, 0.29) is 29.0 Å². The summed E-state index contributed by atoms with van der Waals surface area (Å²) in [5, 5.41) is 7.27. The van der Waals surface area contributed by atoms with Crippen molar-refractivity contribution in [2.75, 3.05) is 30.3 Å². The molecule has 4 heterocycles. The van der Waals surface area contributed by atoms with Gasteiger partial charge in [0.05, 0.1) is 22.4 Å². The number of amides is 2. The Kier molecular flexibility index (Phi) is 6.76. The zero-order valence-electron chi connectivity index (χ0n) is 21.7. The largest absolute Gasteiger partial charge is 0.341 e. The van der Waals surface area contributed by atoms with Crippen LogP contribution in [0.4, 0.5) is 5.82 Å². The molecule has 1 fully saturated rings. The first kappa shape index (κ1) is 25.1. The van der Waals surface area contributed by atoms with Crippen LogP contribution in [-0.4, -0.2) is 51.9 Å². The third-order valence-corrected chi connectivity index (χ3v) is 9.26. The van der Waals surface area contributed by atoms with E-state index < -0.39 is 0 Å². The highest BCUT2D eigenvalue weighted by atomic mass is 32.2. The Morgan fingerprint density at radius 3 is 2.53 bits per heavy atom. The van der Waals surface area contributed by atoms with Crippen LogP contribution in [0.1, 0.15) is 66.1 Å². The Bertz CT molecular complexity index is 1280. The normalized spacial score (nSPS) is 18.5. The Morgan fingerprint density at radius 1 is 1.14 bits per heavy atom. The van der Waals surface area contributed by atoms with E-state index in [0.29, 0.717) is 5.75 Å². The van der Waals surface area contributed by atoms with Crippen molar-refractivity contribution in [3.63, 3.8) is 0 Å². The van der Waals surface area contributed by atoms with Crippen LogP contribution in [0.5, 0.6) is 0 Å². The number of thioether (sulfide) groups is 1. The Hall–Kier alpha value is -2.58. The average molecular weight is 523 g/mol. The number of anilines is 1. The second-order valence-corrected chi connectivity index (χ2v) is 12.9. The van der Waals surface area contributed by atoms with Gasteiger partial charge in [0.1, 0.15) is 12.4 Å². The van der Waals surface area contributed by atoms with Crippen LogP contribution in [0.2, 0.25) is 0 Å². The number of nitrogens with zero attached hydrogens (tertiary/aromatic N) is 4. The molecule has 2 aliphatic heterocycles. The molecule has 36 heavy (non-hydrogen) atoms. The average Bonchev–Trinajstić information content (AvgIpc) is 3.57. The van der Waals surface area contributed by atoms with Crippen molar-refractivity contribution >= 4 is 40.7 Å². The summed E-state index contributed by atoms with van der Waals surface area (Å²) < 4.78 is 1.94. The minimum atomic E-state index is -0.248. The molecule has 0 radical (unpaired) electrons. The summed E-state index contributed by atoms with van der Waals surface area (Å²) in [6, 6.07) is 10.5. The molecule has 0 N–H and O–H groups in total. The van der Waals surface area contributed by atoms with Gasteiger partial charge in [-0.1, -0.05) is 44.5 Å². The minimum Gasteiger partial charge on any atom is -0.341 e. The number of aryl methyl sites for hydroxylation is 2. The SMILES string of the molecule is Cc1ccc(-n2nc(C(C)(C)C)c3c2N(CC(=O)N2CCCC2)C(=O)CS[C@@H]3c2cccs2)c(C)c1. The Labute approximate surface area is 221 Å². The number of fused-ring (bicyclic) bond motifs is 1. The van der Waals surface area contributed by atoms with Gasteiger partial charge in [0.15, 0.2) is 0 Å². The smallest absolute Gasteiger partial charge is 0.242 e. The third-order valence-electron chi connectivity index (χ3n) is 6.93. The maximum atomic E-state index is 13.7. The number of aromatic nitrogens is 2. The van der Waals surface area contributed by atoms with Gasteiger partial charge in [-0.15, -0.1) is 23.1 Å². The van der Waals surface area contributed by atoms with Gasteiger partial charge in [-0.25, -0.2) is 4.68 Å². The number of hydrogen-bond donors (Lipinski definition) is 0. The van der Waals surface area contributed by atoms with E-state index in [9.17, 15) is 9.59 Å². The number of benzene rings is 1. The number of hydrogen-bond acceptors (Lipinski definition) is 5. The van der Waals surface area contributed by atoms with Crippen molar-refractivity contribution in [1.29, 1.82) is 0 Å². The third kappa shape index (κ3) is 4.61. The van der Waals surface area contributed by atoms with E-state index in [1.165, 1.54) is 10.4 Å². The lowest BCUT2D eigenvalue weighted by molar-refractivity contribution is -0.130. The van der Waals surface area contributed by atoms with Crippen LogP contribution >= 0.6 is 23.1 Å². The van der Waals surface area contributed by atoms with Crippen LogP contribution in [0.3, 0.4) is 0 Å². The fraction of sp³-hybridized carbons (Fsp3) is 0.464. The van der Waals surface area contributed by atoms with Crippen molar-refractivity contribution in [2.45, 2.75) is 58.1 Å². The quantitative estimate of drug-likeness (QED) is 0.445. The molecular formula is C28H34N4O2S2. The highest BCUT2D eigenvalue weighted by molar-refractivity contribution is 8.00. The molecule has 2 aliphatic rings. The number of carbonyl (C=O) groups excluding carboxylic acids is 2. The molecule has 8 heteroatoms. The second-order valence-electron chi connectivity index (χ2n) is 10.8. The fourth-order valence-electron chi connectivity index (χ4n) is 5.15. The van der Waals surface area contributed by atoms with Gasteiger partial charge >= 0.3 is 0 Å². The van der Waals surface area contributed by atoms with Crippen LogP contribution in [0.25, 0.3) is 5.69 Å². The maximum absolute atomic E-state index is 13.7. The van der Waals surface area contributed by atoms with Crippen molar-refractivity contribution in [1.82, 2.24) is 14.7 Å². The first-order valence-corrected chi connectivity index (χ1v) is 14.5. The number of rotatable bonds is 4. The van der Waals surface area contributed by atoms with Crippen molar-refractivity contribution in [3.05, 3.63) is 63.0 Å². The number of thiophene rings is 1. The highest BCUT2D eigenvalue weighted by Gasteiger charge is 2.40. The van der Waals surface area contributed by atoms with Crippen LogP contribution in [0, 0.1) is 13.8 Å². The molecule has 5 rings (SSSR count). The van der Waals surface area contributed by atoms with Crippen molar-refractivity contribution in [3.8, 4) is 5.69 Å². The van der Waals surface area contributed by atoms with Gasteiger partial charge in [-0.05, 0) is 49.8 Å². The second kappa shape index (κ2) is 9.71. The molecule has 2 aromatic heterocycles. The summed E-state index contributed by atoms with van der Waals surface area (Å²) in [4.78, 5) is 31.9. The monoisotopic (exact) mass is 522 g/mol. The molecule has 0 unspecified atom stereocenters. The van der Waals surface area contributed by atoms with Gasteiger partial charge < -0.3 is 4.90 Å². The zero-order chi connectivity index (χ0) is 25.6. The Balaban J connectivity index is 1.76. The van der Waals surface area contributed by atoms with Gasteiger partial charge in [-0.2, -0.15) is 5.10 Å². The van der Waals surface area contributed by atoms with E-state index in [4.69, 9.17) is 5.10 Å². The highest BCUT2D eigenvalue weighted by Crippen LogP contribution is 2.49. The van der Waals surface area contributed by atoms with E-state index in [2.05, 4.69) is 70.3 Å². The molecule has 190 valence electrons. The van der Waals surface area contributed by atoms with E-state index in [0.717, 1.165) is 54.3 Å². The molecule has 6 nitrogen and oxygen atoms in total. The van der Waals surface area contributed by atoms with Crippen molar-refractivity contribution in [2.24, 2.45) is 0 Å². The molecule has 1 saturated heterocycles. The lowest BCUT2D eigenvalue weighted by Gasteiger charge is -2.26. The van der Waals surface area contributed by atoms with E-state index in [1.807, 2.05) is 9.58 Å². The van der Waals surface area contributed by atoms with E-state index in [1.54, 1.807) is 28.0 Å². The standard InChI is InChI=1S/C28H34N4O2S2/c1-18-10-11-20(19(2)15-18)32-27-24(26(29-32)28(3,4)5)25(21-9-8-14-35-21)36-17-23(34)31(27)16-22(33)30-12-6-7-13-30/h8-11,14-15,25H,6-7,12-13,16-17H2,1-5H3/t25-/m1/s1. The lowest BCUT2D eigenvalue weighted by atomic mass is 9.88. The molecular weight excluding hydrogens is 488 g/mol. The zero-order valence-corrected chi connectivity index (χ0v) is 23.3. The van der Waals surface area contributed by atoms with Gasteiger partial charge in [0.25, 0.3) is 0 Å². The fourth-order valence-corrected chi connectivity index (χ4v) is 7.33. The van der Waals surface area contributed by atoms with Crippen LogP contribution < -0.4 is 4.90 Å². The minimum absolute atomic E-state index is 0.0112. The summed E-state index contributed by atoms with van der Waals surface area (Å²) in [5.41, 5.74) is 4.97. The first-order valence-electron chi connectivity index (χ1n) is 12.6. The number of carbonyl (C=O) groups is 2. The van der Waals surface area contributed by atoms with E-state index >= 15 is 0 Å². The van der Waals surface area contributed by atoms with Crippen molar-refractivity contribution < 1.29 is 9.59 Å². The van der Waals surface area contributed by atoms with Crippen LogP contribution in [0.15, 0.2) is 35.7 Å². The topological polar surface area (TPSA) is 58.4 Å². The summed E-state index contributed by atoms with van der Waals surface area (Å²) >= 11 is 3.35. The first-order chi connectivity index (χ1) is 17.1. The molecule has 0 saturated carbocycles. The summed E-state index contributed by atoms with van der Waals surface area (Å²) in [5.74, 6) is 1.03. The predicted molar refractivity (Wildman–Crippen MR) is 149 cm³/mol. The van der Waals surface area contributed by atoms with Crippen LogP contribution in [-0.2, 0) is 15.0 Å². The van der Waals surface area contributed by atoms with Gasteiger partial charge in [0.2, 0.25) is 11.8 Å². The molecule has 0 spiro atoms. The predicted octanol–water partition coefficient (Wildman–Crippen LogP) is 5.64. The Morgan fingerprint density at radius 2 is 1.89 bits per heavy atom. The molecule has 2 amide bonds. The molecule has 0 bridgehead atoms. The summed E-state index contributed by atoms with van der Waals surface area (Å²) in [6.07, 6.45) is 2.05. The molecule has 1 atom stereocenters. The number of likely N-dealkylation sites (tertiary alicyclic amines) is 1. The molecule has 0 aliphatic carbocycles. The molecule has 3 aromatic rings.